The molecule has 0 bridgehead atoms. The molecule has 2 heteroatoms. The van der Waals surface area contributed by atoms with Crippen molar-refractivity contribution >= 4 is 12.4 Å². The number of halogens is 1. The molecule has 0 aliphatic rings. The maximum Gasteiger partial charge on any atom is 0.0297 e. The van der Waals surface area contributed by atoms with Gasteiger partial charge in [-0.25, -0.2) is 0 Å². The Hall–Kier alpha value is -0.530. The van der Waals surface area contributed by atoms with Crippen LogP contribution in [0.25, 0.3) is 0 Å². The van der Waals surface area contributed by atoms with Gasteiger partial charge in [0.15, 0.2) is 0 Å². The molecule has 0 aliphatic heterocycles. The molecular weight excluding hydrogens is 206 g/mol. The van der Waals surface area contributed by atoms with E-state index in [0.29, 0.717) is 0 Å². The van der Waals surface area contributed by atoms with Crippen LogP contribution >= 0.6 is 12.4 Å². The third kappa shape index (κ3) is 4.67. The molecule has 1 nitrogen and oxygen atoms in total. The van der Waals surface area contributed by atoms with Crippen molar-refractivity contribution in [2.24, 2.45) is 5.73 Å². The molecular formula is C13H22ClN. The SMILES string of the molecule is CCCCCC(N)c1ccccc1C.Cl. The second-order valence-electron chi connectivity index (χ2n) is 3.96. The lowest BCUT2D eigenvalue weighted by Crippen LogP contribution is -2.11. The van der Waals surface area contributed by atoms with Crippen molar-refractivity contribution in [2.45, 2.75) is 45.6 Å². The molecule has 1 aromatic carbocycles. The highest BCUT2D eigenvalue weighted by Crippen LogP contribution is 2.20. The van der Waals surface area contributed by atoms with Crippen molar-refractivity contribution in [3.8, 4) is 0 Å². The highest BCUT2D eigenvalue weighted by Gasteiger charge is 2.06. The first-order chi connectivity index (χ1) is 6.75. The van der Waals surface area contributed by atoms with Gasteiger partial charge in [-0.05, 0) is 24.5 Å². The quantitative estimate of drug-likeness (QED) is 0.757. The van der Waals surface area contributed by atoms with E-state index in [1.54, 1.807) is 0 Å². The Morgan fingerprint density at radius 1 is 1.20 bits per heavy atom. The zero-order valence-electron chi connectivity index (χ0n) is 9.70. The second kappa shape index (κ2) is 7.72. The maximum absolute atomic E-state index is 6.14. The smallest absolute Gasteiger partial charge is 0.0297 e. The Morgan fingerprint density at radius 2 is 1.87 bits per heavy atom. The van der Waals surface area contributed by atoms with Crippen molar-refractivity contribution in [1.82, 2.24) is 0 Å². The van der Waals surface area contributed by atoms with Crippen LogP contribution in [0.4, 0.5) is 0 Å². The van der Waals surface area contributed by atoms with Crippen LogP contribution in [0.1, 0.15) is 49.8 Å². The molecule has 0 saturated heterocycles. The molecule has 1 unspecified atom stereocenters. The van der Waals surface area contributed by atoms with Gasteiger partial charge in [0.1, 0.15) is 0 Å². The summed E-state index contributed by atoms with van der Waals surface area (Å²) >= 11 is 0. The molecule has 0 aromatic heterocycles. The van der Waals surface area contributed by atoms with E-state index >= 15 is 0 Å². The lowest BCUT2D eigenvalue weighted by Gasteiger charge is -2.14. The largest absolute Gasteiger partial charge is 0.324 e. The second-order valence-corrected chi connectivity index (χ2v) is 3.96. The molecule has 0 radical (unpaired) electrons. The molecule has 86 valence electrons. The van der Waals surface area contributed by atoms with Crippen LogP contribution < -0.4 is 5.73 Å². The lowest BCUT2D eigenvalue weighted by molar-refractivity contribution is 0.579. The Morgan fingerprint density at radius 3 is 2.47 bits per heavy atom. The molecule has 0 amide bonds. The summed E-state index contributed by atoms with van der Waals surface area (Å²) in [6.07, 6.45) is 4.91. The fraction of sp³-hybridized carbons (Fsp3) is 0.538. The molecule has 0 fully saturated rings. The highest BCUT2D eigenvalue weighted by atomic mass is 35.5. The minimum absolute atomic E-state index is 0. The number of benzene rings is 1. The minimum Gasteiger partial charge on any atom is -0.324 e. The number of hydrogen-bond donors (Lipinski definition) is 1. The summed E-state index contributed by atoms with van der Waals surface area (Å²) in [7, 11) is 0. The van der Waals surface area contributed by atoms with Crippen molar-refractivity contribution in [3.63, 3.8) is 0 Å². The fourth-order valence-corrected chi connectivity index (χ4v) is 1.77. The van der Waals surface area contributed by atoms with Crippen LogP contribution in [0.5, 0.6) is 0 Å². The van der Waals surface area contributed by atoms with Gasteiger partial charge in [-0.1, -0.05) is 50.5 Å². The predicted octanol–water partition coefficient (Wildman–Crippen LogP) is 4.00. The van der Waals surface area contributed by atoms with Crippen molar-refractivity contribution in [3.05, 3.63) is 35.4 Å². The van der Waals surface area contributed by atoms with E-state index < -0.39 is 0 Å². The average Bonchev–Trinajstić information content (AvgIpc) is 2.18. The molecule has 1 rings (SSSR count). The molecule has 1 aromatic rings. The number of hydrogen-bond acceptors (Lipinski definition) is 1. The van der Waals surface area contributed by atoms with E-state index in [1.165, 1.54) is 30.4 Å². The Bertz CT molecular complexity index is 273. The molecule has 15 heavy (non-hydrogen) atoms. The average molecular weight is 228 g/mol. The van der Waals surface area contributed by atoms with E-state index in [2.05, 4.69) is 38.1 Å². The Balaban J connectivity index is 0.00000196. The monoisotopic (exact) mass is 227 g/mol. The molecule has 0 spiro atoms. The Kier molecular flexibility index (Phi) is 7.45. The topological polar surface area (TPSA) is 26.0 Å². The molecule has 0 heterocycles. The van der Waals surface area contributed by atoms with Gasteiger partial charge in [0.25, 0.3) is 0 Å². The lowest BCUT2D eigenvalue weighted by atomic mass is 9.97. The summed E-state index contributed by atoms with van der Waals surface area (Å²) in [6, 6.07) is 8.64. The van der Waals surface area contributed by atoms with Gasteiger partial charge in [0.05, 0.1) is 0 Å². The van der Waals surface area contributed by atoms with E-state index in [9.17, 15) is 0 Å². The van der Waals surface area contributed by atoms with Gasteiger partial charge in [0, 0.05) is 6.04 Å². The summed E-state index contributed by atoms with van der Waals surface area (Å²) in [4.78, 5) is 0. The van der Waals surface area contributed by atoms with Crippen LogP contribution in [-0.2, 0) is 0 Å². The number of nitrogens with two attached hydrogens (primary N) is 1. The van der Waals surface area contributed by atoms with Crippen molar-refractivity contribution in [1.29, 1.82) is 0 Å². The maximum atomic E-state index is 6.14. The minimum atomic E-state index is 0. The zero-order valence-corrected chi connectivity index (χ0v) is 10.5. The van der Waals surface area contributed by atoms with Crippen molar-refractivity contribution < 1.29 is 0 Å². The molecule has 0 saturated carbocycles. The van der Waals surface area contributed by atoms with Gasteiger partial charge in [-0.3, -0.25) is 0 Å². The Labute approximate surface area is 99.5 Å². The number of rotatable bonds is 5. The van der Waals surface area contributed by atoms with Crippen LogP contribution in [0, 0.1) is 6.92 Å². The molecule has 2 N–H and O–H groups in total. The van der Waals surface area contributed by atoms with Gasteiger partial charge in [-0.15, -0.1) is 12.4 Å². The van der Waals surface area contributed by atoms with Crippen LogP contribution in [0.2, 0.25) is 0 Å². The van der Waals surface area contributed by atoms with E-state index in [4.69, 9.17) is 5.73 Å². The third-order valence-electron chi connectivity index (χ3n) is 2.71. The third-order valence-corrected chi connectivity index (χ3v) is 2.71. The van der Waals surface area contributed by atoms with Gasteiger partial charge < -0.3 is 5.73 Å². The summed E-state index contributed by atoms with van der Waals surface area (Å²) in [6.45, 7) is 4.36. The summed E-state index contributed by atoms with van der Waals surface area (Å²) in [5, 5.41) is 0. The fourth-order valence-electron chi connectivity index (χ4n) is 1.77. The van der Waals surface area contributed by atoms with Crippen molar-refractivity contribution in [2.75, 3.05) is 0 Å². The first kappa shape index (κ1) is 14.5. The summed E-state index contributed by atoms with van der Waals surface area (Å²) in [5.41, 5.74) is 8.76. The van der Waals surface area contributed by atoms with Crippen LogP contribution in [0.15, 0.2) is 24.3 Å². The molecule has 1 atom stereocenters. The van der Waals surface area contributed by atoms with Crippen LogP contribution in [-0.4, -0.2) is 0 Å². The van der Waals surface area contributed by atoms with Gasteiger partial charge >= 0.3 is 0 Å². The zero-order chi connectivity index (χ0) is 10.4. The first-order valence-electron chi connectivity index (χ1n) is 5.56. The summed E-state index contributed by atoms with van der Waals surface area (Å²) < 4.78 is 0. The van der Waals surface area contributed by atoms with Crippen LogP contribution in [0.3, 0.4) is 0 Å². The van der Waals surface area contributed by atoms with E-state index in [-0.39, 0.29) is 18.4 Å². The normalized spacial score (nSPS) is 11.9. The van der Waals surface area contributed by atoms with Gasteiger partial charge in [-0.2, -0.15) is 0 Å². The number of unbranched alkanes of at least 4 members (excludes halogenated alkanes) is 2. The highest BCUT2D eigenvalue weighted by molar-refractivity contribution is 5.85. The standard InChI is InChI=1S/C13H21N.ClH/c1-3-4-5-10-13(14)12-9-7-6-8-11(12)2;/h6-9,13H,3-5,10,14H2,1-2H3;1H. The van der Waals surface area contributed by atoms with Gasteiger partial charge in [0.2, 0.25) is 0 Å². The predicted molar refractivity (Wildman–Crippen MR) is 69.5 cm³/mol. The van der Waals surface area contributed by atoms with E-state index in [0.717, 1.165) is 6.42 Å². The first-order valence-corrected chi connectivity index (χ1v) is 5.56. The van der Waals surface area contributed by atoms with E-state index in [1.807, 2.05) is 0 Å². The number of aryl methyl sites for hydroxylation is 1. The summed E-state index contributed by atoms with van der Waals surface area (Å²) in [5.74, 6) is 0. The molecule has 0 aliphatic carbocycles.